The Morgan fingerprint density at radius 1 is 1.00 bits per heavy atom. The Bertz CT molecular complexity index is 1360. The van der Waals surface area contributed by atoms with Crippen molar-refractivity contribution < 1.29 is 28.9 Å². The summed E-state index contributed by atoms with van der Waals surface area (Å²) < 4.78 is 16.0. The molecule has 0 bridgehead atoms. The Morgan fingerprint density at radius 3 is 2.33 bits per heavy atom. The summed E-state index contributed by atoms with van der Waals surface area (Å²) in [6, 6.07) is 10.9. The van der Waals surface area contributed by atoms with Gasteiger partial charge in [-0.3, -0.25) is 14.6 Å². The van der Waals surface area contributed by atoms with Crippen molar-refractivity contribution in [1.29, 1.82) is 0 Å². The van der Waals surface area contributed by atoms with Gasteiger partial charge in [0.05, 0.1) is 43.5 Å². The van der Waals surface area contributed by atoms with Gasteiger partial charge in [-0.25, -0.2) is 0 Å². The maximum Gasteiger partial charge on any atom is 0.295 e. The summed E-state index contributed by atoms with van der Waals surface area (Å²) in [7, 11) is 4.26. The zero-order chi connectivity index (χ0) is 26.0. The molecule has 1 aliphatic heterocycles. The van der Waals surface area contributed by atoms with E-state index >= 15 is 0 Å². The second-order valence-electron chi connectivity index (χ2n) is 7.85. The quantitative estimate of drug-likeness (QED) is 0.260. The van der Waals surface area contributed by atoms with E-state index < -0.39 is 23.5 Å². The molecular weight excluding hydrogens is 507 g/mol. The van der Waals surface area contributed by atoms with Crippen LogP contribution in [0.25, 0.3) is 5.76 Å². The predicted octanol–water partition coefficient (Wildman–Crippen LogP) is 5.04. The van der Waals surface area contributed by atoms with Crippen LogP contribution in [-0.2, 0) is 16.1 Å². The van der Waals surface area contributed by atoms with Gasteiger partial charge in [0.15, 0.2) is 11.5 Å². The first-order chi connectivity index (χ1) is 17.3. The SMILES string of the molecule is COc1cccc(C2/C(=C(\O)c3cc(Cl)c(OC)c(Cl)c3OC)C(=O)C(=O)N2Cc2ccncc2)c1. The largest absolute Gasteiger partial charge is 0.507 e. The van der Waals surface area contributed by atoms with Crippen molar-refractivity contribution in [3.63, 3.8) is 0 Å². The van der Waals surface area contributed by atoms with Gasteiger partial charge in [0.25, 0.3) is 11.7 Å². The van der Waals surface area contributed by atoms with Crippen LogP contribution >= 0.6 is 23.2 Å². The summed E-state index contributed by atoms with van der Waals surface area (Å²) in [5.74, 6) is -1.41. The third-order valence-electron chi connectivity index (χ3n) is 5.85. The molecule has 3 aromatic rings. The van der Waals surface area contributed by atoms with Crippen molar-refractivity contribution in [3.05, 3.63) is 87.2 Å². The molecule has 1 unspecified atom stereocenters. The van der Waals surface area contributed by atoms with Crippen LogP contribution in [-0.4, -0.2) is 48.0 Å². The van der Waals surface area contributed by atoms with Crippen molar-refractivity contribution in [1.82, 2.24) is 9.88 Å². The van der Waals surface area contributed by atoms with Crippen molar-refractivity contribution in [2.75, 3.05) is 21.3 Å². The van der Waals surface area contributed by atoms with Crippen molar-refractivity contribution in [3.8, 4) is 17.2 Å². The molecule has 8 nitrogen and oxygen atoms in total. The van der Waals surface area contributed by atoms with Crippen LogP contribution in [0, 0.1) is 0 Å². The third-order valence-corrected chi connectivity index (χ3v) is 6.47. The fourth-order valence-electron chi connectivity index (χ4n) is 4.18. The summed E-state index contributed by atoms with van der Waals surface area (Å²) >= 11 is 12.7. The Labute approximate surface area is 217 Å². The number of ketones is 1. The molecule has 1 amide bonds. The number of halogens is 2. The van der Waals surface area contributed by atoms with E-state index in [0.717, 1.165) is 5.56 Å². The normalized spacial score (nSPS) is 16.8. The van der Waals surface area contributed by atoms with Gasteiger partial charge in [-0.15, -0.1) is 0 Å². The number of benzene rings is 2. The molecule has 1 aliphatic rings. The molecular formula is C26H22Cl2N2O6. The minimum atomic E-state index is -0.933. The van der Waals surface area contributed by atoms with Crippen molar-refractivity contribution in [2.24, 2.45) is 0 Å². The molecule has 0 aliphatic carbocycles. The van der Waals surface area contributed by atoms with Crippen LogP contribution in [0.4, 0.5) is 0 Å². The lowest BCUT2D eigenvalue weighted by Gasteiger charge is -2.26. The first kappa shape index (κ1) is 25.3. The third kappa shape index (κ3) is 4.45. The number of Topliss-reactive ketones (excluding diaryl/α,β-unsaturated/α-hetero) is 1. The lowest BCUT2D eigenvalue weighted by Crippen LogP contribution is -2.29. The van der Waals surface area contributed by atoms with E-state index in [-0.39, 0.29) is 39.2 Å². The number of amides is 1. The number of aromatic nitrogens is 1. The average molecular weight is 529 g/mol. The molecule has 2 aromatic carbocycles. The fourth-order valence-corrected chi connectivity index (χ4v) is 4.86. The van der Waals surface area contributed by atoms with E-state index in [2.05, 4.69) is 4.98 Å². The lowest BCUT2D eigenvalue weighted by molar-refractivity contribution is -0.140. The van der Waals surface area contributed by atoms with E-state index in [1.807, 2.05) is 0 Å². The Kier molecular flexibility index (Phi) is 7.37. The molecule has 1 saturated heterocycles. The summed E-state index contributed by atoms with van der Waals surface area (Å²) in [6.45, 7) is 0.104. The van der Waals surface area contributed by atoms with Crippen molar-refractivity contribution in [2.45, 2.75) is 12.6 Å². The average Bonchev–Trinajstić information content (AvgIpc) is 3.13. The van der Waals surface area contributed by atoms with Gasteiger partial charge in [-0.1, -0.05) is 35.3 Å². The van der Waals surface area contributed by atoms with Gasteiger partial charge in [0.2, 0.25) is 0 Å². The van der Waals surface area contributed by atoms with Gasteiger partial charge in [0.1, 0.15) is 16.5 Å². The Balaban J connectivity index is 1.96. The van der Waals surface area contributed by atoms with Gasteiger partial charge < -0.3 is 24.2 Å². The second kappa shape index (κ2) is 10.5. The van der Waals surface area contributed by atoms with Crippen LogP contribution in [0.5, 0.6) is 17.2 Å². The second-order valence-corrected chi connectivity index (χ2v) is 8.63. The molecule has 10 heteroatoms. The van der Waals surface area contributed by atoms with Gasteiger partial charge >= 0.3 is 0 Å². The molecule has 1 fully saturated rings. The Hall–Kier alpha value is -3.75. The fraction of sp³-hybridized carbons (Fsp3) is 0.192. The van der Waals surface area contributed by atoms with Crippen LogP contribution < -0.4 is 14.2 Å². The van der Waals surface area contributed by atoms with Crippen LogP contribution in [0.3, 0.4) is 0 Å². The number of aliphatic hydroxyl groups excluding tert-OH is 1. The number of nitrogens with zero attached hydrogens (tertiary/aromatic N) is 2. The topological polar surface area (TPSA) is 98.2 Å². The highest BCUT2D eigenvalue weighted by Gasteiger charge is 2.46. The van der Waals surface area contributed by atoms with Crippen LogP contribution in [0.15, 0.2) is 60.4 Å². The number of ether oxygens (including phenoxy) is 3. The van der Waals surface area contributed by atoms with Crippen LogP contribution in [0.2, 0.25) is 10.0 Å². The maximum atomic E-state index is 13.4. The molecule has 2 heterocycles. The lowest BCUT2D eigenvalue weighted by atomic mass is 9.94. The highest BCUT2D eigenvalue weighted by atomic mass is 35.5. The zero-order valence-electron chi connectivity index (χ0n) is 19.6. The van der Waals surface area contributed by atoms with E-state index in [9.17, 15) is 14.7 Å². The van der Waals surface area contributed by atoms with E-state index in [1.54, 1.807) is 48.8 Å². The highest BCUT2D eigenvalue weighted by Crippen LogP contribution is 2.47. The molecule has 1 N–H and O–H groups in total. The summed E-state index contributed by atoms with van der Waals surface area (Å²) in [4.78, 5) is 32.0. The van der Waals surface area contributed by atoms with Gasteiger partial charge in [0, 0.05) is 18.9 Å². The Morgan fingerprint density at radius 2 is 1.69 bits per heavy atom. The number of carbonyl (C=O) groups excluding carboxylic acids is 2. The standard InChI is InChI=1S/C26H22Cl2N2O6/c1-34-16-6-4-5-15(11-16)21-19(23(32)26(33)30(21)13-14-7-9-29-10-8-14)22(31)17-12-18(27)25(36-3)20(28)24(17)35-2/h4-12,21,31H,13H2,1-3H3/b22-19+. The first-order valence-electron chi connectivity index (χ1n) is 10.7. The number of rotatable bonds is 7. The highest BCUT2D eigenvalue weighted by molar-refractivity contribution is 6.47. The summed E-state index contributed by atoms with van der Waals surface area (Å²) in [5.41, 5.74) is 1.22. The van der Waals surface area contributed by atoms with E-state index in [0.29, 0.717) is 11.3 Å². The van der Waals surface area contributed by atoms with E-state index in [1.165, 1.54) is 32.3 Å². The van der Waals surface area contributed by atoms with Crippen LogP contribution in [0.1, 0.15) is 22.7 Å². The molecule has 0 spiro atoms. The molecule has 4 rings (SSSR count). The number of likely N-dealkylation sites (tertiary alicyclic amines) is 1. The molecule has 1 aromatic heterocycles. The molecule has 0 radical (unpaired) electrons. The monoisotopic (exact) mass is 528 g/mol. The minimum Gasteiger partial charge on any atom is -0.507 e. The van der Waals surface area contributed by atoms with Gasteiger partial charge in [-0.2, -0.15) is 0 Å². The maximum absolute atomic E-state index is 13.4. The van der Waals surface area contributed by atoms with Gasteiger partial charge in [-0.05, 0) is 41.5 Å². The first-order valence-corrected chi connectivity index (χ1v) is 11.5. The number of pyridine rings is 1. The minimum absolute atomic E-state index is 0.0120. The number of aliphatic hydroxyl groups is 1. The molecule has 0 saturated carbocycles. The summed E-state index contributed by atoms with van der Waals surface area (Å²) in [6.07, 6.45) is 3.19. The predicted molar refractivity (Wildman–Crippen MR) is 135 cm³/mol. The number of carbonyl (C=O) groups is 2. The molecule has 186 valence electrons. The van der Waals surface area contributed by atoms with E-state index in [4.69, 9.17) is 37.4 Å². The smallest absolute Gasteiger partial charge is 0.295 e. The molecule has 1 atom stereocenters. The zero-order valence-corrected chi connectivity index (χ0v) is 21.1. The number of hydrogen-bond donors (Lipinski definition) is 1. The number of methoxy groups -OCH3 is 3. The van der Waals surface area contributed by atoms with Crippen molar-refractivity contribution >= 4 is 40.7 Å². The number of hydrogen-bond acceptors (Lipinski definition) is 7. The molecule has 36 heavy (non-hydrogen) atoms. The summed E-state index contributed by atoms with van der Waals surface area (Å²) in [5, 5.41) is 11.6.